The van der Waals surface area contributed by atoms with E-state index in [1.165, 1.54) is 5.56 Å². The van der Waals surface area contributed by atoms with E-state index in [0.29, 0.717) is 18.9 Å². The Balaban J connectivity index is 1.81. The van der Waals surface area contributed by atoms with Crippen molar-refractivity contribution in [3.8, 4) is 0 Å². The van der Waals surface area contributed by atoms with E-state index in [1.54, 1.807) is 4.90 Å². The Labute approximate surface area is 156 Å². The van der Waals surface area contributed by atoms with Crippen LogP contribution in [0, 0.1) is 11.8 Å². The molecule has 0 bridgehead atoms. The van der Waals surface area contributed by atoms with Crippen molar-refractivity contribution in [3.63, 3.8) is 0 Å². The summed E-state index contributed by atoms with van der Waals surface area (Å²) < 4.78 is 0. The van der Waals surface area contributed by atoms with Crippen molar-refractivity contribution in [2.75, 3.05) is 13.1 Å². The van der Waals surface area contributed by atoms with Gasteiger partial charge in [0, 0.05) is 24.9 Å². The van der Waals surface area contributed by atoms with E-state index in [0.717, 1.165) is 31.5 Å². The highest BCUT2D eigenvalue weighted by Gasteiger charge is 2.37. The van der Waals surface area contributed by atoms with Gasteiger partial charge in [-0.15, -0.1) is 0 Å². The Kier molecular flexibility index (Phi) is 5.97. The van der Waals surface area contributed by atoms with Crippen LogP contribution in [0.4, 0.5) is 0 Å². The fourth-order valence-corrected chi connectivity index (χ4v) is 3.95. The Hall–Kier alpha value is -1.88. The lowest BCUT2D eigenvalue weighted by Gasteiger charge is -2.39. The van der Waals surface area contributed by atoms with Crippen LogP contribution in [0.5, 0.6) is 0 Å². The van der Waals surface area contributed by atoms with Crippen LogP contribution in [0.25, 0.3) is 0 Å². The third-order valence-electron chi connectivity index (χ3n) is 5.98. The van der Waals surface area contributed by atoms with Crippen molar-refractivity contribution < 1.29 is 9.59 Å². The van der Waals surface area contributed by atoms with Crippen molar-refractivity contribution in [1.82, 2.24) is 15.5 Å². The van der Waals surface area contributed by atoms with Gasteiger partial charge in [-0.05, 0) is 43.0 Å². The molecule has 5 nitrogen and oxygen atoms in total. The lowest BCUT2D eigenvalue weighted by molar-refractivity contribution is -0.145. The van der Waals surface area contributed by atoms with E-state index in [4.69, 9.17) is 0 Å². The average Bonchev–Trinajstić information content (AvgIpc) is 2.67. The van der Waals surface area contributed by atoms with Crippen molar-refractivity contribution in [2.24, 2.45) is 11.8 Å². The fraction of sp³-hybridized carbons (Fsp3) is 0.619. The molecule has 4 atom stereocenters. The number of amides is 2. The van der Waals surface area contributed by atoms with E-state index in [9.17, 15) is 9.59 Å². The largest absolute Gasteiger partial charge is 0.351 e. The molecule has 26 heavy (non-hydrogen) atoms. The van der Waals surface area contributed by atoms with Gasteiger partial charge in [-0.25, -0.2) is 0 Å². The van der Waals surface area contributed by atoms with Gasteiger partial charge in [0.1, 0.15) is 6.04 Å². The first kappa shape index (κ1) is 18.9. The molecular weight excluding hydrogens is 326 g/mol. The second-order valence-corrected chi connectivity index (χ2v) is 7.85. The zero-order chi connectivity index (χ0) is 18.7. The van der Waals surface area contributed by atoms with Crippen LogP contribution in [0.15, 0.2) is 24.3 Å². The van der Waals surface area contributed by atoms with Crippen LogP contribution < -0.4 is 10.6 Å². The van der Waals surface area contributed by atoms with Crippen LogP contribution in [0.1, 0.15) is 44.7 Å². The molecule has 2 aliphatic rings. The summed E-state index contributed by atoms with van der Waals surface area (Å²) in [5, 5.41) is 6.60. The number of nitrogens with one attached hydrogen (secondary N) is 2. The predicted molar refractivity (Wildman–Crippen MR) is 103 cm³/mol. The summed E-state index contributed by atoms with van der Waals surface area (Å²) in [7, 11) is 0. The lowest BCUT2D eigenvalue weighted by Crippen LogP contribution is -2.57. The van der Waals surface area contributed by atoms with Crippen LogP contribution in [0.3, 0.4) is 0 Å². The van der Waals surface area contributed by atoms with E-state index in [-0.39, 0.29) is 23.8 Å². The third kappa shape index (κ3) is 3.93. The van der Waals surface area contributed by atoms with E-state index in [2.05, 4.69) is 29.7 Å². The molecule has 0 aliphatic carbocycles. The Morgan fingerprint density at radius 3 is 2.73 bits per heavy atom. The summed E-state index contributed by atoms with van der Waals surface area (Å²) in [5.41, 5.74) is 2.34. The second kappa shape index (κ2) is 8.21. The maximum absolute atomic E-state index is 13.1. The number of carbonyl (C=O) groups excluding carboxylic acids is 2. The number of hydrogen-bond donors (Lipinski definition) is 2. The predicted octanol–water partition coefficient (Wildman–Crippen LogP) is 2.10. The van der Waals surface area contributed by atoms with Gasteiger partial charge < -0.3 is 15.5 Å². The van der Waals surface area contributed by atoms with Gasteiger partial charge in [0.15, 0.2) is 0 Å². The molecule has 0 aromatic heterocycles. The van der Waals surface area contributed by atoms with Crippen LogP contribution in [-0.2, 0) is 22.6 Å². The molecule has 2 N–H and O–H groups in total. The zero-order valence-corrected chi connectivity index (χ0v) is 16.1. The quantitative estimate of drug-likeness (QED) is 0.867. The summed E-state index contributed by atoms with van der Waals surface area (Å²) >= 11 is 0. The average molecular weight is 357 g/mol. The summed E-state index contributed by atoms with van der Waals surface area (Å²) in [6.07, 6.45) is 2.33. The summed E-state index contributed by atoms with van der Waals surface area (Å²) in [6, 6.07) is 7.93. The maximum Gasteiger partial charge on any atom is 0.243 e. The van der Waals surface area contributed by atoms with Gasteiger partial charge in [0.2, 0.25) is 11.8 Å². The SMILES string of the molecule is CCC(C)C(=O)N1Cc2ccccc2CC1C(=O)NC1CCNCC1C. The first-order valence-electron chi connectivity index (χ1n) is 9.89. The third-order valence-corrected chi connectivity index (χ3v) is 5.98. The molecular formula is C21H31N3O2. The number of piperidine rings is 1. The van der Waals surface area contributed by atoms with Crippen molar-refractivity contribution >= 4 is 11.8 Å². The molecule has 3 rings (SSSR count). The number of rotatable bonds is 4. The van der Waals surface area contributed by atoms with E-state index >= 15 is 0 Å². The zero-order valence-electron chi connectivity index (χ0n) is 16.1. The molecule has 142 valence electrons. The van der Waals surface area contributed by atoms with Gasteiger partial charge in [0.05, 0.1) is 0 Å². The van der Waals surface area contributed by atoms with Crippen LogP contribution in [-0.4, -0.2) is 41.9 Å². The minimum Gasteiger partial charge on any atom is -0.351 e. The number of nitrogens with zero attached hydrogens (tertiary/aromatic N) is 1. The minimum absolute atomic E-state index is 0.00472. The molecule has 2 amide bonds. The van der Waals surface area contributed by atoms with Gasteiger partial charge in [-0.2, -0.15) is 0 Å². The standard InChI is InChI=1S/C21H31N3O2/c1-4-14(2)21(26)24-13-17-8-6-5-7-16(17)11-19(24)20(25)23-18-9-10-22-12-15(18)3/h5-8,14-15,18-19,22H,4,9-13H2,1-3H3,(H,23,25). The summed E-state index contributed by atoms with van der Waals surface area (Å²) in [5.74, 6) is 0.422. The molecule has 2 aliphatic heterocycles. The molecule has 1 saturated heterocycles. The van der Waals surface area contributed by atoms with Crippen molar-refractivity contribution in [3.05, 3.63) is 35.4 Å². The molecule has 1 aromatic carbocycles. The maximum atomic E-state index is 13.1. The summed E-state index contributed by atoms with van der Waals surface area (Å²) in [6.45, 7) is 8.51. The smallest absolute Gasteiger partial charge is 0.243 e. The summed E-state index contributed by atoms with van der Waals surface area (Å²) in [4.78, 5) is 27.9. The number of benzene rings is 1. The van der Waals surface area contributed by atoms with Crippen molar-refractivity contribution in [2.45, 2.75) is 58.7 Å². The highest BCUT2D eigenvalue weighted by Crippen LogP contribution is 2.26. The van der Waals surface area contributed by atoms with E-state index < -0.39 is 6.04 Å². The normalized spacial score (nSPS) is 26.7. The van der Waals surface area contributed by atoms with Gasteiger partial charge in [-0.3, -0.25) is 9.59 Å². The molecule has 0 spiro atoms. The minimum atomic E-state index is -0.409. The highest BCUT2D eigenvalue weighted by atomic mass is 16.2. The molecule has 5 heteroatoms. The number of carbonyl (C=O) groups is 2. The number of fused-ring (bicyclic) bond motifs is 1. The first-order valence-corrected chi connectivity index (χ1v) is 9.89. The molecule has 1 fully saturated rings. The Morgan fingerprint density at radius 2 is 2.04 bits per heavy atom. The molecule has 0 saturated carbocycles. The van der Waals surface area contributed by atoms with Gasteiger partial charge >= 0.3 is 0 Å². The lowest BCUT2D eigenvalue weighted by atomic mass is 9.90. The monoisotopic (exact) mass is 357 g/mol. The van der Waals surface area contributed by atoms with Gasteiger partial charge in [0.25, 0.3) is 0 Å². The second-order valence-electron chi connectivity index (χ2n) is 7.85. The van der Waals surface area contributed by atoms with Crippen molar-refractivity contribution in [1.29, 1.82) is 0 Å². The van der Waals surface area contributed by atoms with Gasteiger partial charge in [-0.1, -0.05) is 45.0 Å². The molecule has 1 aromatic rings. The fourth-order valence-electron chi connectivity index (χ4n) is 3.95. The molecule has 0 radical (unpaired) electrons. The molecule has 2 heterocycles. The highest BCUT2D eigenvalue weighted by molar-refractivity contribution is 5.89. The Bertz CT molecular complexity index is 660. The first-order chi connectivity index (χ1) is 12.5. The van der Waals surface area contributed by atoms with Crippen LogP contribution >= 0.6 is 0 Å². The number of hydrogen-bond acceptors (Lipinski definition) is 3. The Morgan fingerprint density at radius 1 is 1.31 bits per heavy atom. The van der Waals surface area contributed by atoms with E-state index in [1.807, 2.05) is 26.0 Å². The molecule has 4 unspecified atom stereocenters. The topological polar surface area (TPSA) is 61.4 Å². The van der Waals surface area contributed by atoms with Crippen LogP contribution in [0.2, 0.25) is 0 Å².